The average Bonchev–Trinajstić information content (AvgIpc) is 2.32. The van der Waals surface area contributed by atoms with Gasteiger partial charge < -0.3 is 14.4 Å². The maximum atomic E-state index is 12.3. The van der Waals surface area contributed by atoms with E-state index in [1.807, 2.05) is 0 Å². The van der Waals surface area contributed by atoms with Crippen LogP contribution in [0.4, 0.5) is 0 Å². The van der Waals surface area contributed by atoms with Crippen LogP contribution in [0.2, 0.25) is 0 Å². The van der Waals surface area contributed by atoms with E-state index >= 15 is 0 Å². The highest BCUT2D eigenvalue weighted by atomic mass is 32.8. The first-order chi connectivity index (χ1) is 8.50. The Hall–Kier alpha value is -1.79. The van der Waals surface area contributed by atoms with Crippen LogP contribution in [0.3, 0.4) is 0 Å². The van der Waals surface area contributed by atoms with Crippen molar-refractivity contribution in [2.75, 3.05) is 0 Å². The molecule has 2 aromatic rings. The number of hydrogen-bond donors (Lipinski definition) is 2. The molecule has 0 bridgehead atoms. The number of aromatic hydroxyl groups is 2. The summed E-state index contributed by atoms with van der Waals surface area (Å²) in [5.74, 6) is -0.348. The van der Waals surface area contributed by atoms with Crippen molar-refractivity contribution in [1.29, 1.82) is 0 Å². The molecular formula is C12H10O4S2. The standard InChI is InChI=1S/C12H10O4S2/c13-9-5-1-3-7-11(9)16-18(15,17)12-8-4-2-6-10(12)14/h1-8,13-14H. The smallest absolute Gasteiger partial charge is 0.219 e. The molecule has 0 amide bonds. The Morgan fingerprint density at radius 3 is 2.11 bits per heavy atom. The summed E-state index contributed by atoms with van der Waals surface area (Å²) in [7, 11) is -3.34. The summed E-state index contributed by atoms with van der Waals surface area (Å²) in [6.45, 7) is 0. The van der Waals surface area contributed by atoms with Gasteiger partial charge in [-0.05, 0) is 24.3 Å². The van der Waals surface area contributed by atoms with E-state index < -0.39 is 8.77 Å². The van der Waals surface area contributed by atoms with Gasteiger partial charge in [-0.3, -0.25) is 0 Å². The van der Waals surface area contributed by atoms with Gasteiger partial charge in [0.2, 0.25) is 8.77 Å². The molecule has 2 aromatic carbocycles. The number of rotatable bonds is 3. The second-order valence-electron chi connectivity index (χ2n) is 3.47. The van der Waals surface area contributed by atoms with E-state index in [0.29, 0.717) is 0 Å². The lowest BCUT2D eigenvalue weighted by Crippen LogP contribution is -2.08. The van der Waals surface area contributed by atoms with Crippen LogP contribution in [-0.2, 0) is 20.0 Å². The second-order valence-corrected chi connectivity index (χ2v) is 6.30. The summed E-state index contributed by atoms with van der Waals surface area (Å²) in [4.78, 5) is 0.0169. The summed E-state index contributed by atoms with van der Waals surface area (Å²) in [5, 5.41) is 19.1. The Bertz CT molecular complexity index is 665. The van der Waals surface area contributed by atoms with Gasteiger partial charge >= 0.3 is 0 Å². The lowest BCUT2D eigenvalue weighted by atomic mass is 10.3. The number of hydrogen-bond acceptors (Lipinski definition) is 5. The number of benzene rings is 2. The van der Waals surface area contributed by atoms with Crippen molar-refractivity contribution in [3.8, 4) is 17.2 Å². The predicted octanol–water partition coefficient (Wildman–Crippen LogP) is 2.20. The van der Waals surface area contributed by atoms with E-state index in [4.69, 9.17) is 15.4 Å². The minimum absolute atomic E-state index is 0.0146. The normalized spacial score (nSPS) is 13.8. The summed E-state index contributed by atoms with van der Waals surface area (Å²) < 4.78 is 17.4. The first kappa shape index (κ1) is 12.7. The van der Waals surface area contributed by atoms with Crippen LogP contribution in [0.5, 0.6) is 17.2 Å². The Morgan fingerprint density at radius 1 is 0.944 bits per heavy atom. The summed E-state index contributed by atoms with van der Waals surface area (Å²) >= 11 is 4.87. The molecule has 2 N–H and O–H groups in total. The van der Waals surface area contributed by atoms with E-state index in [-0.39, 0.29) is 22.1 Å². The topological polar surface area (TPSA) is 66.8 Å². The van der Waals surface area contributed by atoms with Gasteiger partial charge in [-0.2, -0.15) is 0 Å². The summed E-state index contributed by atoms with van der Waals surface area (Å²) in [5.41, 5.74) is 0. The van der Waals surface area contributed by atoms with Crippen molar-refractivity contribution < 1.29 is 18.6 Å². The van der Waals surface area contributed by atoms with E-state index in [2.05, 4.69) is 0 Å². The number of phenols is 2. The first-order valence-electron chi connectivity index (χ1n) is 5.01. The number of para-hydroxylation sites is 3. The monoisotopic (exact) mass is 282 g/mol. The lowest BCUT2D eigenvalue weighted by molar-refractivity contribution is 0.438. The Balaban J connectivity index is 2.40. The third-order valence-electron chi connectivity index (χ3n) is 2.20. The minimum atomic E-state index is -3.34. The fourth-order valence-corrected chi connectivity index (χ4v) is 3.04. The van der Waals surface area contributed by atoms with E-state index in [1.54, 1.807) is 24.3 Å². The minimum Gasteiger partial charge on any atom is -0.507 e. The number of phenolic OH excluding ortho intramolecular Hbond substituents is 2. The molecule has 1 unspecified atom stereocenters. The molecule has 0 radical (unpaired) electrons. The van der Waals surface area contributed by atoms with Gasteiger partial charge in [-0.25, -0.2) is 4.21 Å². The molecular weight excluding hydrogens is 272 g/mol. The van der Waals surface area contributed by atoms with Crippen LogP contribution < -0.4 is 4.18 Å². The molecule has 94 valence electrons. The van der Waals surface area contributed by atoms with Gasteiger partial charge in [0.25, 0.3) is 0 Å². The van der Waals surface area contributed by atoms with Gasteiger partial charge in [0.15, 0.2) is 11.5 Å². The van der Waals surface area contributed by atoms with Crippen LogP contribution in [0, 0.1) is 0 Å². The van der Waals surface area contributed by atoms with Crippen LogP contribution >= 0.6 is 0 Å². The fraction of sp³-hybridized carbons (Fsp3) is 0. The SMILES string of the molecule is O=S(=S)(Oc1ccccc1O)c1ccccc1O. The van der Waals surface area contributed by atoms with Crippen LogP contribution in [-0.4, -0.2) is 14.4 Å². The summed E-state index contributed by atoms with van der Waals surface area (Å²) in [6.07, 6.45) is 0. The Morgan fingerprint density at radius 2 is 1.50 bits per heavy atom. The van der Waals surface area contributed by atoms with Crippen molar-refractivity contribution in [2.24, 2.45) is 0 Å². The molecule has 0 aromatic heterocycles. The van der Waals surface area contributed by atoms with E-state index in [9.17, 15) is 14.4 Å². The molecule has 0 aliphatic heterocycles. The molecule has 2 rings (SSSR count). The lowest BCUT2D eigenvalue weighted by Gasteiger charge is -2.11. The third-order valence-corrected chi connectivity index (χ3v) is 4.23. The van der Waals surface area contributed by atoms with Crippen LogP contribution in [0.25, 0.3) is 0 Å². The zero-order chi connectivity index (χ0) is 13.2. The zero-order valence-corrected chi connectivity index (χ0v) is 10.8. The van der Waals surface area contributed by atoms with Crippen molar-refractivity contribution in [1.82, 2.24) is 0 Å². The Kier molecular flexibility index (Phi) is 3.40. The third kappa shape index (κ3) is 2.55. The second kappa shape index (κ2) is 4.83. The molecule has 0 saturated heterocycles. The van der Waals surface area contributed by atoms with Gasteiger partial charge in [0.1, 0.15) is 10.6 Å². The van der Waals surface area contributed by atoms with Gasteiger partial charge in [-0.1, -0.05) is 24.3 Å². The maximum absolute atomic E-state index is 12.3. The quantitative estimate of drug-likeness (QED) is 0.903. The molecule has 0 saturated carbocycles. The summed E-state index contributed by atoms with van der Waals surface area (Å²) in [6, 6.07) is 12.0. The van der Waals surface area contributed by atoms with Crippen molar-refractivity contribution >= 4 is 20.0 Å². The van der Waals surface area contributed by atoms with E-state index in [1.165, 1.54) is 24.3 Å². The molecule has 0 aliphatic rings. The largest absolute Gasteiger partial charge is 0.507 e. The molecule has 6 heteroatoms. The van der Waals surface area contributed by atoms with Crippen molar-refractivity contribution in [2.45, 2.75) is 4.90 Å². The highest BCUT2D eigenvalue weighted by Crippen LogP contribution is 2.30. The van der Waals surface area contributed by atoms with E-state index in [0.717, 1.165) is 0 Å². The molecule has 18 heavy (non-hydrogen) atoms. The van der Waals surface area contributed by atoms with Gasteiger partial charge in [0, 0.05) is 11.2 Å². The maximum Gasteiger partial charge on any atom is 0.219 e. The Labute approximate surface area is 109 Å². The molecule has 0 spiro atoms. The zero-order valence-electron chi connectivity index (χ0n) is 9.15. The highest BCUT2D eigenvalue weighted by Gasteiger charge is 2.17. The molecule has 0 fully saturated rings. The first-order valence-corrected chi connectivity index (χ1v) is 7.42. The van der Waals surface area contributed by atoms with Crippen LogP contribution in [0.15, 0.2) is 53.4 Å². The van der Waals surface area contributed by atoms with Crippen molar-refractivity contribution in [3.05, 3.63) is 48.5 Å². The van der Waals surface area contributed by atoms with Crippen molar-refractivity contribution in [3.63, 3.8) is 0 Å². The average molecular weight is 282 g/mol. The highest BCUT2D eigenvalue weighted by molar-refractivity contribution is 8.30. The fourth-order valence-electron chi connectivity index (χ4n) is 1.36. The molecule has 4 nitrogen and oxygen atoms in total. The molecule has 0 heterocycles. The van der Waals surface area contributed by atoms with Gasteiger partial charge in [0.05, 0.1) is 0 Å². The molecule has 0 aliphatic carbocycles. The predicted molar refractivity (Wildman–Crippen MR) is 70.6 cm³/mol. The molecule has 1 atom stereocenters. The van der Waals surface area contributed by atoms with Crippen LogP contribution in [0.1, 0.15) is 0 Å². The van der Waals surface area contributed by atoms with Gasteiger partial charge in [-0.15, -0.1) is 0 Å².